The van der Waals surface area contributed by atoms with Gasteiger partial charge in [-0.1, -0.05) is 36.4 Å². The second kappa shape index (κ2) is 9.96. The average molecular weight is 522 g/mol. The van der Waals surface area contributed by atoms with Crippen molar-refractivity contribution in [2.45, 2.75) is 19.6 Å². The van der Waals surface area contributed by atoms with Crippen LogP contribution in [0.25, 0.3) is 28.1 Å². The Morgan fingerprint density at radius 1 is 0.947 bits per heavy atom. The summed E-state index contributed by atoms with van der Waals surface area (Å²) in [5.41, 5.74) is 3.05. The summed E-state index contributed by atoms with van der Waals surface area (Å²) in [5.74, 6) is -0.0219. The van der Waals surface area contributed by atoms with Gasteiger partial charge in [0.05, 0.1) is 43.8 Å². The molecule has 5 aromatic rings. The molecule has 2 aromatic carbocycles. The highest BCUT2D eigenvalue weighted by molar-refractivity contribution is 5.88. The zero-order valence-electron chi connectivity index (χ0n) is 20.3. The first-order valence-electron chi connectivity index (χ1n) is 11.5. The van der Waals surface area contributed by atoms with Crippen LogP contribution in [0.4, 0.5) is 13.2 Å². The van der Waals surface area contributed by atoms with E-state index in [4.69, 9.17) is 9.47 Å². The van der Waals surface area contributed by atoms with Crippen LogP contribution in [0.2, 0.25) is 0 Å². The fourth-order valence-electron chi connectivity index (χ4n) is 3.90. The largest absolute Gasteiger partial charge is 0.479 e. The molecule has 0 fully saturated rings. The van der Waals surface area contributed by atoms with E-state index in [1.165, 1.54) is 36.3 Å². The average Bonchev–Trinajstić information content (AvgIpc) is 3.56. The Morgan fingerprint density at radius 3 is 2.26 bits per heavy atom. The molecule has 38 heavy (non-hydrogen) atoms. The molecule has 9 nitrogen and oxygen atoms in total. The SMILES string of the molecule is CCOC(=O)c1cnn(-c2nc(OC)c3c(cnn3Cc3ccc(-c4ccc(C(F)(F)F)cc4)cc3)n2)c1. The first kappa shape index (κ1) is 24.9. The molecule has 12 heteroatoms. The second-order valence-corrected chi connectivity index (χ2v) is 8.24. The highest BCUT2D eigenvalue weighted by atomic mass is 19.4. The minimum atomic E-state index is -4.37. The number of esters is 1. The van der Waals surface area contributed by atoms with Gasteiger partial charge in [0, 0.05) is 6.20 Å². The zero-order chi connectivity index (χ0) is 26.9. The van der Waals surface area contributed by atoms with Gasteiger partial charge in [-0.2, -0.15) is 28.4 Å². The predicted molar refractivity (Wildman–Crippen MR) is 131 cm³/mol. The minimum absolute atomic E-state index is 0.199. The van der Waals surface area contributed by atoms with Crippen LogP contribution in [0.1, 0.15) is 28.4 Å². The van der Waals surface area contributed by atoms with Crippen LogP contribution in [0, 0.1) is 0 Å². The van der Waals surface area contributed by atoms with Crippen LogP contribution in [-0.4, -0.2) is 49.2 Å². The minimum Gasteiger partial charge on any atom is -0.479 e. The van der Waals surface area contributed by atoms with Crippen molar-refractivity contribution >= 4 is 17.0 Å². The Bertz CT molecular complexity index is 1590. The number of alkyl halides is 3. The zero-order valence-corrected chi connectivity index (χ0v) is 20.3. The molecule has 0 radical (unpaired) electrons. The summed E-state index contributed by atoms with van der Waals surface area (Å²) in [6, 6.07) is 12.5. The fraction of sp³-hybridized carbons (Fsp3) is 0.192. The Kier molecular flexibility index (Phi) is 6.53. The molecular formula is C26H21F3N6O3. The molecule has 3 aromatic heterocycles. The third-order valence-corrected chi connectivity index (χ3v) is 5.77. The number of benzene rings is 2. The summed E-state index contributed by atoms with van der Waals surface area (Å²) < 4.78 is 52.1. The number of methoxy groups -OCH3 is 1. The maximum atomic E-state index is 12.8. The number of fused-ring (bicyclic) bond motifs is 1. The van der Waals surface area contributed by atoms with Gasteiger partial charge in [-0.05, 0) is 35.7 Å². The molecule has 194 valence electrons. The topological polar surface area (TPSA) is 97.0 Å². The van der Waals surface area contributed by atoms with Gasteiger partial charge in [-0.3, -0.25) is 4.68 Å². The monoisotopic (exact) mass is 522 g/mol. The summed E-state index contributed by atoms with van der Waals surface area (Å²) in [7, 11) is 1.48. The first-order valence-corrected chi connectivity index (χ1v) is 11.5. The van der Waals surface area contributed by atoms with Crippen molar-refractivity contribution in [1.82, 2.24) is 29.5 Å². The maximum absolute atomic E-state index is 12.8. The van der Waals surface area contributed by atoms with E-state index in [0.29, 0.717) is 23.1 Å². The molecule has 0 atom stereocenters. The summed E-state index contributed by atoms with van der Waals surface area (Å²) in [4.78, 5) is 20.9. The molecule has 0 aliphatic carbocycles. The summed E-state index contributed by atoms with van der Waals surface area (Å²) >= 11 is 0. The van der Waals surface area contributed by atoms with Gasteiger partial charge in [-0.25, -0.2) is 14.5 Å². The van der Waals surface area contributed by atoms with E-state index in [1.54, 1.807) is 17.8 Å². The Morgan fingerprint density at radius 2 is 1.63 bits per heavy atom. The molecule has 0 spiro atoms. The van der Waals surface area contributed by atoms with Crippen LogP contribution >= 0.6 is 0 Å². The van der Waals surface area contributed by atoms with E-state index < -0.39 is 17.7 Å². The molecule has 0 aliphatic heterocycles. The number of hydrogen-bond donors (Lipinski definition) is 0. The van der Waals surface area contributed by atoms with Crippen LogP contribution in [-0.2, 0) is 17.5 Å². The van der Waals surface area contributed by atoms with Gasteiger partial charge >= 0.3 is 12.1 Å². The van der Waals surface area contributed by atoms with Gasteiger partial charge in [0.25, 0.3) is 5.95 Å². The van der Waals surface area contributed by atoms with Gasteiger partial charge in [0.2, 0.25) is 5.88 Å². The lowest BCUT2D eigenvalue weighted by atomic mass is 10.0. The van der Waals surface area contributed by atoms with Crippen molar-refractivity contribution in [2.24, 2.45) is 0 Å². The van der Waals surface area contributed by atoms with E-state index >= 15 is 0 Å². The van der Waals surface area contributed by atoms with Crippen LogP contribution in [0.5, 0.6) is 5.88 Å². The number of carbonyl (C=O) groups is 1. The van der Waals surface area contributed by atoms with E-state index in [0.717, 1.165) is 23.3 Å². The fourth-order valence-corrected chi connectivity index (χ4v) is 3.90. The molecule has 3 heterocycles. The Balaban J connectivity index is 1.38. The van der Waals surface area contributed by atoms with Crippen LogP contribution in [0.3, 0.4) is 0 Å². The number of rotatable bonds is 7. The standard InChI is InChI=1S/C26H21F3N6O3/c1-3-38-24(36)19-12-30-35(15-19)25-32-21-13-31-34(22(21)23(33-25)37-2)14-16-4-6-17(7-5-16)18-8-10-20(11-9-18)26(27,28)29/h4-13,15H,3,14H2,1-2H3. The third-order valence-electron chi connectivity index (χ3n) is 5.77. The van der Waals surface area contributed by atoms with Crippen LogP contribution < -0.4 is 4.74 Å². The summed E-state index contributed by atoms with van der Waals surface area (Å²) in [6.07, 6.45) is 0.0524. The Labute approximate surface area is 214 Å². The molecular weight excluding hydrogens is 501 g/mol. The summed E-state index contributed by atoms with van der Waals surface area (Å²) in [5, 5.41) is 8.58. The lowest BCUT2D eigenvalue weighted by Gasteiger charge is -2.10. The van der Waals surface area contributed by atoms with Crippen molar-refractivity contribution in [1.29, 1.82) is 0 Å². The van der Waals surface area contributed by atoms with E-state index in [-0.39, 0.29) is 24.0 Å². The highest BCUT2D eigenvalue weighted by Gasteiger charge is 2.30. The van der Waals surface area contributed by atoms with Crippen molar-refractivity contribution in [3.63, 3.8) is 0 Å². The normalized spacial score (nSPS) is 11.6. The molecule has 5 rings (SSSR count). The lowest BCUT2D eigenvalue weighted by Crippen LogP contribution is -2.07. The van der Waals surface area contributed by atoms with Gasteiger partial charge in [-0.15, -0.1) is 0 Å². The van der Waals surface area contributed by atoms with Gasteiger partial charge in [0.1, 0.15) is 11.0 Å². The molecule has 0 unspecified atom stereocenters. The second-order valence-electron chi connectivity index (χ2n) is 8.24. The number of halogens is 3. The van der Waals surface area contributed by atoms with Gasteiger partial charge in [0.15, 0.2) is 0 Å². The van der Waals surface area contributed by atoms with E-state index in [9.17, 15) is 18.0 Å². The number of hydrogen-bond acceptors (Lipinski definition) is 7. The molecule has 0 saturated carbocycles. The van der Waals surface area contributed by atoms with Gasteiger partial charge < -0.3 is 9.47 Å². The quantitative estimate of drug-likeness (QED) is 0.280. The molecule has 0 saturated heterocycles. The molecule has 0 aliphatic rings. The first-order chi connectivity index (χ1) is 18.3. The third kappa shape index (κ3) is 4.92. The molecule has 0 N–H and O–H groups in total. The van der Waals surface area contributed by atoms with E-state index in [1.807, 2.05) is 24.3 Å². The van der Waals surface area contributed by atoms with Crippen molar-refractivity contribution < 1.29 is 27.4 Å². The van der Waals surface area contributed by atoms with Crippen molar-refractivity contribution in [2.75, 3.05) is 13.7 Å². The van der Waals surface area contributed by atoms with Crippen molar-refractivity contribution in [3.05, 3.63) is 83.8 Å². The maximum Gasteiger partial charge on any atom is 0.416 e. The molecule has 0 amide bonds. The number of carbonyl (C=O) groups excluding carboxylic acids is 1. The highest BCUT2D eigenvalue weighted by Crippen LogP contribution is 2.31. The Hall–Kier alpha value is -4.74. The summed E-state index contributed by atoms with van der Waals surface area (Å²) in [6.45, 7) is 2.34. The number of nitrogens with zero attached hydrogens (tertiary/aromatic N) is 6. The van der Waals surface area contributed by atoms with Crippen LogP contribution in [0.15, 0.2) is 67.1 Å². The predicted octanol–water partition coefficient (Wildman–Crippen LogP) is 4.93. The molecule has 0 bridgehead atoms. The van der Waals surface area contributed by atoms with E-state index in [2.05, 4.69) is 20.2 Å². The lowest BCUT2D eigenvalue weighted by molar-refractivity contribution is -0.137. The van der Waals surface area contributed by atoms with Crippen molar-refractivity contribution in [3.8, 4) is 23.0 Å². The smallest absolute Gasteiger partial charge is 0.416 e. The number of aromatic nitrogens is 6. The number of ether oxygens (including phenoxy) is 2.